The van der Waals surface area contributed by atoms with Crippen LogP contribution >= 0.6 is 12.4 Å². The fourth-order valence-corrected chi connectivity index (χ4v) is 2.67. The molecule has 0 saturated carbocycles. The molecule has 2 aromatic rings. The number of methoxy groups -OCH3 is 1. The number of hydrogen-bond donors (Lipinski definition) is 2. The summed E-state index contributed by atoms with van der Waals surface area (Å²) in [7, 11) is 3.53. The first-order chi connectivity index (χ1) is 11.6. The lowest BCUT2D eigenvalue weighted by Gasteiger charge is -2.18. The first-order valence-electron chi connectivity index (χ1n) is 8.25. The lowest BCUT2D eigenvalue weighted by molar-refractivity contribution is -0.125. The topological polar surface area (TPSA) is 50.4 Å². The zero-order chi connectivity index (χ0) is 17.5. The van der Waals surface area contributed by atoms with E-state index in [1.54, 1.807) is 7.11 Å². The number of ether oxygens (including phenoxy) is 1. The van der Waals surface area contributed by atoms with Crippen molar-refractivity contribution in [1.29, 1.82) is 0 Å². The van der Waals surface area contributed by atoms with Gasteiger partial charge in [-0.25, -0.2) is 0 Å². The van der Waals surface area contributed by atoms with E-state index in [9.17, 15) is 4.79 Å². The summed E-state index contributed by atoms with van der Waals surface area (Å²) in [5.74, 6) is 0.864. The van der Waals surface area contributed by atoms with Crippen LogP contribution in [0.2, 0.25) is 0 Å². The molecule has 0 aromatic heterocycles. The second-order valence-corrected chi connectivity index (χ2v) is 6.01. The highest BCUT2D eigenvalue weighted by Gasteiger charge is 2.15. The fraction of sp³-hybridized carbons (Fsp3) is 0.350. The normalized spacial score (nSPS) is 12.6. The van der Waals surface area contributed by atoms with Crippen LogP contribution in [0, 0.1) is 5.92 Å². The van der Waals surface area contributed by atoms with E-state index in [0.29, 0.717) is 6.54 Å². The molecule has 0 bridgehead atoms. The summed E-state index contributed by atoms with van der Waals surface area (Å²) >= 11 is 0. The Bertz CT molecular complexity index is 674. The van der Waals surface area contributed by atoms with Gasteiger partial charge in [-0.15, -0.1) is 12.4 Å². The molecular formula is C20H27ClN2O2. The molecule has 2 N–H and O–H groups in total. The molecule has 0 aliphatic carbocycles. The minimum atomic E-state index is -0.0506. The van der Waals surface area contributed by atoms with Gasteiger partial charge in [-0.3, -0.25) is 4.79 Å². The number of hydrogen-bond acceptors (Lipinski definition) is 3. The predicted molar refractivity (Wildman–Crippen MR) is 105 cm³/mol. The zero-order valence-corrected chi connectivity index (χ0v) is 16.0. The summed E-state index contributed by atoms with van der Waals surface area (Å²) in [6.07, 6.45) is 0. The Kier molecular flexibility index (Phi) is 8.46. The second-order valence-electron chi connectivity index (χ2n) is 6.01. The van der Waals surface area contributed by atoms with Crippen LogP contribution < -0.4 is 15.4 Å². The summed E-state index contributed by atoms with van der Waals surface area (Å²) in [5.41, 5.74) is 3.24. The summed E-state index contributed by atoms with van der Waals surface area (Å²) in [6, 6.07) is 16.2. The van der Waals surface area contributed by atoms with Crippen LogP contribution in [-0.4, -0.2) is 26.6 Å². The molecule has 136 valence electrons. The molecule has 2 atom stereocenters. The van der Waals surface area contributed by atoms with Crippen molar-refractivity contribution in [2.75, 3.05) is 20.7 Å². The molecule has 2 unspecified atom stereocenters. The minimum absolute atomic E-state index is 0. The van der Waals surface area contributed by atoms with Crippen LogP contribution in [0.15, 0.2) is 48.5 Å². The number of rotatable bonds is 7. The van der Waals surface area contributed by atoms with Crippen LogP contribution in [0.25, 0.3) is 11.1 Å². The molecule has 1 amide bonds. The van der Waals surface area contributed by atoms with Crippen molar-refractivity contribution in [2.45, 2.75) is 19.9 Å². The van der Waals surface area contributed by atoms with Gasteiger partial charge in [0.25, 0.3) is 0 Å². The highest BCUT2D eigenvalue weighted by molar-refractivity contribution is 5.85. The van der Waals surface area contributed by atoms with Crippen molar-refractivity contribution in [3.63, 3.8) is 0 Å². The molecule has 0 fully saturated rings. The number of amides is 1. The Morgan fingerprint density at radius 3 is 2.32 bits per heavy atom. The number of benzene rings is 2. The maximum absolute atomic E-state index is 12.1. The fourth-order valence-electron chi connectivity index (χ4n) is 2.67. The highest BCUT2D eigenvalue weighted by Crippen LogP contribution is 2.30. The summed E-state index contributed by atoms with van der Waals surface area (Å²) in [5, 5.41) is 6.08. The van der Waals surface area contributed by atoms with Crippen molar-refractivity contribution in [1.82, 2.24) is 10.6 Å². The van der Waals surface area contributed by atoms with Crippen LogP contribution in [0.5, 0.6) is 5.75 Å². The summed E-state index contributed by atoms with van der Waals surface area (Å²) in [6.45, 7) is 4.59. The van der Waals surface area contributed by atoms with Crippen molar-refractivity contribution < 1.29 is 9.53 Å². The molecule has 0 heterocycles. The van der Waals surface area contributed by atoms with Crippen molar-refractivity contribution in [2.24, 2.45) is 5.92 Å². The largest absolute Gasteiger partial charge is 0.496 e. The van der Waals surface area contributed by atoms with Crippen LogP contribution in [0.3, 0.4) is 0 Å². The first kappa shape index (κ1) is 21.0. The van der Waals surface area contributed by atoms with Gasteiger partial charge in [0.1, 0.15) is 5.75 Å². The van der Waals surface area contributed by atoms with Gasteiger partial charge < -0.3 is 15.4 Å². The number of para-hydroxylation sites is 1. The van der Waals surface area contributed by atoms with Gasteiger partial charge in [-0.2, -0.15) is 0 Å². The number of carbonyl (C=O) groups is 1. The minimum Gasteiger partial charge on any atom is -0.496 e. The Morgan fingerprint density at radius 2 is 1.72 bits per heavy atom. The number of halogens is 1. The Labute approximate surface area is 156 Å². The molecule has 0 aliphatic rings. The molecule has 2 aromatic carbocycles. The van der Waals surface area contributed by atoms with Crippen molar-refractivity contribution in [3.8, 4) is 16.9 Å². The van der Waals surface area contributed by atoms with Crippen LogP contribution in [0.4, 0.5) is 0 Å². The average molecular weight is 363 g/mol. The predicted octanol–water partition coefficient (Wildman–Crippen LogP) is 3.82. The lowest BCUT2D eigenvalue weighted by atomic mass is 10.0. The van der Waals surface area contributed by atoms with Gasteiger partial charge in [0, 0.05) is 18.0 Å². The maximum atomic E-state index is 12.1. The van der Waals surface area contributed by atoms with Gasteiger partial charge in [0.2, 0.25) is 5.91 Å². The van der Waals surface area contributed by atoms with Crippen LogP contribution in [-0.2, 0) is 4.79 Å². The lowest BCUT2D eigenvalue weighted by Crippen LogP contribution is -2.35. The Hall–Kier alpha value is -2.04. The van der Waals surface area contributed by atoms with Crippen molar-refractivity contribution in [3.05, 3.63) is 54.1 Å². The summed E-state index contributed by atoms with van der Waals surface area (Å²) < 4.78 is 5.42. The third-order valence-corrected chi connectivity index (χ3v) is 4.15. The maximum Gasteiger partial charge on any atom is 0.224 e. The van der Waals surface area contributed by atoms with Gasteiger partial charge in [0.15, 0.2) is 0 Å². The van der Waals surface area contributed by atoms with E-state index in [0.717, 1.165) is 22.4 Å². The van der Waals surface area contributed by atoms with Gasteiger partial charge in [-0.05, 0) is 31.2 Å². The molecule has 0 spiro atoms. The smallest absolute Gasteiger partial charge is 0.224 e. The number of carbonyl (C=O) groups excluding carboxylic acids is 1. The summed E-state index contributed by atoms with van der Waals surface area (Å²) in [4.78, 5) is 12.1. The zero-order valence-electron chi connectivity index (χ0n) is 15.2. The molecular weight excluding hydrogens is 336 g/mol. The molecule has 0 aliphatic heterocycles. The molecule has 2 rings (SSSR count). The van der Waals surface area contributed by atoms with Crippen LogP contribution in [0.1, 0.15) is 25.5 Å². The Morgan fingerprint density at radius 1 is 1.08 bits per heavy atom. The van der Waals surface area contributed by atoms with E-state index in [2.05, 4.69) is 34.9 Å². The number of nitrogens with one attached hydrogen (secondary N) is 2. The van der Waals surface area contributed by atoms with E-state index in [-0.39, 0.29) is 30.3 Å². The monoisotopic (exact) mass is 362 g/mol. The standard InChI is InChI=1S/C20H26N2O2.ClH/c1-14(13-21-3)20(23)22-15(2)16-9-11-17(12-10-16)18-7-5-6-8-19(18)24-4;/h5-12,14-15,21H,13H2,1-4H3,(H,22,23);1H. The average Bonchev–Trinajstić information content (AvgIpc) is 2.62. The third-order valence-electron chi connectivity index (χ3n) is 4.15. The SMILES string of the molecule is CNCC(C)C(=O)NC(C)c1ccc(-c2ccccc2OC)cc1.Cl. The quantitative estimate of drug-likeness (QED) is 0.787. The van der Waals surface area contributed by atoms with E-state index < -0.39 is 0 Å². The van der Waals surface area contributed by atoms with E-state index >= 15 is 0 Å². The van der Waals surface area contributed by atoms with E-state index in [1.165, 1.54) is 0 Å². The van der Waals surface area contributed by atoms with Gasteiger partial charge in [-0.1, -0.05) is 49.4 Å². The Balaban J connectivity index is 0.00000312. The second kappa shape index (κ2) is 10.1. The molecule has 5 heteroatoms. The highest BCUT2D eigenvalue weighted by atomic mass is 35.5. The van der Waals surface area contributed by atoms with E-state index in [1.807, 2.05) is 45.2 Å². The first-order valence-corrected chi connectivity index (χ1v) is 8.25. The van der Waals surface area contributed by atoms with Gasteiger partial charge >= 0.3 is 0 Å². The molecule has 0 radical (unpaired) electrons. The van der Waals surface area contributed by atoms with Gasteiger partial charge in [0.05, 0.1) is 13.2 Å². The van der Waals surface area contributed by atoms with Crippen molar-refractivity contribution >= 4 is 18.3 Å². The third kappa shape index (κ3) is 5.48. The molecule has 25 heavy (non-hydrogen) atoms. The van der Waals surface area contributed by atoms with E-state index in [4.69, 9.17) is 4.74 Å². The molecule has 0 saturated heterocycles. The molecule has 4 nitrogen and oxygen atoms in total.